The third-order valence-corrected chi connectivity index (χ3v) is 3.35. The zero-order valence-corrected chi connectivity index (χ0v) is 10.3. The van der Waals surface area contributed by atoms with E-state index in [0.717, 1.165) is 5.56 Å². The number of carbonyl (C=O) groups is 1. The van der Waals surface area contributed by atoms with Crippen LogP contribution in [0.3, 0.4) is 0 Å². The van der Waals surface area contributed by atoms with Crippen LogP contribution in [0.2, 0.25) is 0 Å². The van der Waals surface area contributed by atoms with Crippen LogP contribution in [-0.4, -0.2) is 27.1 Å². The van der Waals surface area contributed by atoms with Crippen LogP contribution >= 0.6 is 11.3 Å². The van der Waals surface area contributed by atoms with E-state index in [1.54, 1.807) is 0 Å². The predicted molar refractivity (Wildman–Crippen MR) is 68.1 cm³/mol. The summed E-state index contributed by atoms with van der Waals surface area (Å²) in [7, 11) is 0. The highest BCUT2D eigenvalue weighted by molar-refractivity contribution is 7.12. The normalized spacial score (nSPS) is 11.5. The number of nitrogens with one attached hydrogen (secondary N) is 2. The Morgan fingerprint density at radius 2 is 2.44 bits per heavy atom. The summed E-state index contributed by atoms with van der Waals surface area (Å²) in [6.07, 6.45) is 1.37. The third-order valence-electron chi connectivity index (χ3n) is 2.33. The molecule has 0 spiro atoms. The molecule has 2 aromatic rings. The Bertz CT molecular complexity index is 601. The van der Waals surface area contributed by atoms with Gasteiger partial charge in [-0.3, -0.25) is 9.89 Å². The van der Waals surface area contributed by atoms with Gasteiger partial charge < -0.3 is 16.3 Å². The molecule has 0 aliphatic rings. The number of rotatable bonds is 3. The zero-order chi connectivity index (χ0) is 13.1. The molecule has 5 N–H and O–H groups in total. The second-order valence-corrected chi connectivity index (χ2v) is 4.45. The predicted octanol–water partition coefficient (Wildman–Crippen LogP) is 1.13. The summed E-state index contributed by atoms with van der Waals surface area (Å²) in [5.74, 6) is -0.0937. The Kier molecular flexibility index (Phi) is 3.28. The van der Waals surface area contributed by atoms with Gasteiger partial charge >= 0.3 is 0 Å². The molecule has 8 heteroatoms. The standard InChI is InChI=1S/C10H11N5O2S/c1-5-2-3-18-7(5)10(16)13-9-6(4-12-14-9)8(11)15-17/h2-4,17H,1H3,(H2,11,15)(H2,12,13,14,16). The molecule has 0 unspecified atom stereocenters. The van der Waals surface area contributed by atoms with E-state index in [-0.39, 0.29) is 11.7 Å². The molecule has 2 aromatic heterocycles. The summed E-state index contributed by atoms with van der Waals surface area (Å²) in [4.78, 5) is 12.6. The maximum Gasteiger partial charge on any atom is 0.267 e. The van der Waals surface area contributed by atoms with Gasteiger partial charge in [0, 0.05) is 0 Å². The van der Waals surface area contributed by atoms with Crippen molar-refractivity contribution < 1.29 is 10.0 Å². The number of amidine groups is 1. The fourth-order valence-corrected chi connectivity index (χ4v) is 2.23. The first-order chi connectivity index (χ1) is 8.63. The molecule has 0 fully saturated rings. The van der Waals surface area contributed by atoms with Crippen molar-refractivity contribution in [1.82, 2.24) is 10.2 Å². The molecule has 0 aliphatic heterocycles. The molecular weight excluding hydrogens is 254 g/mol. The summed E-state index contributed by atoms with van der Waals surface area (Å²) in [6, 6.07) is 1.86. The summed E-state index contributed by atoms with van der Waals surface area (Å²) >= 11 is 1.34. The lowest BCUT2D eigenvalue weighted by Gasteiger charge is -2.04. The molecule has 0 radical (unpaired) electrons. The first-order valence-electron chi connectivity index (χ1n) is 5.00. The molecule has 0 aromatic carbocycles. The van der Waals surface area contributed by atoms with E-state index in [0.29, 0.717) is 16.3 Å². The van der Waals surface area contributed by atoms with Gasteiger partial charge in [-0.25, -0.2) is 0 Å². The maximum absolute atomic E-state index is 12.0. The Morgan fingerprint density at radius 1 is 1.67 bits per heavy atom. The van der Waals surface area contributed by atoms with Crippen LogP contribution in [0.5, 0.6) is 0 Å². The van der Waals surface area contributed by atoms with Crippen LogP contribution in [0.15, 0.2) is 22.8 Å². The van der Waals surface area contributed by atoms with Crippen molar-refractivity contribution in [2.75, 3.05) is 5.32 Å². The number of carbonyl (C=O) groups excluding carboxylic acids is 1. The van der Waals surface area contributed by atoms with Gasteiger partial charge in [0.2, 0.25) is 0 Å². The summed E-state index contributed by atoms with van der Waals surface area (Å²) in [6.45, 7) is 1.85. The molecule has 18 heavy (non-hydrogen) atoms. The fraction of sp³-hybridized carbons (Fsp3) is 0.100. The van der Waals surface area contributed by atoms with E-state index in [2.05, 4.69) is 20.7 Å². The van der Waals surface area contributed by atoms with Crippen LogP contribution in [0.25, 0.3) is 0 Å². The highest BCUT2D eigenvalue weighted by atomic mass is 32.1. The van der Waals surface area contributed by atoms with E-state index >= 15 is 0 Å². The van der Waals surface area contributed by atoms with E-state index in [1.165, 1.54) is 17.5 Å². The molecule has 0 saturated carbocycles. The maximum atomic E-state index is 12.0. The average Bonchev–Trinajstić information content (AvgIpc) is 2.97. The molecule has 0 atom stereocenters. The lowest BCUT2D eigenvalue weighted by molar-refractivity contribution is 0.102. The zero-order valence-electron chi connectivity index (χ0n) is 9.47. The van der Waals surface area contributed by atoms with Crippen LogP contribution in [0, 0.1) is 6.92 Å². The van der Waals surface area contributed by atoms with Gasteiger partial charge in [0.05, 0.1) is 16.6 Å². The minimum atomic E-state index is -0.265. The van der Waals surface area contributed by atoms with Gasteiger partial charge in [-0.1, -0.05) is 5.16 Å². The molecule has 0 aliphatic carbocycles. The molecule has 7 nitrogen and oxygen atoms in total. The molecule has 94 valence electrons. The van der Waals surface area contributed by atoms with Crippen molar-refractivity contribution in [2.45, 2.75) is 6.92 Å². The van der Waals surface area contributed by atoms with Crippen molar-refractivity contribution in [3.63, 3.8) is 0 Å². The van der Waals surface area contributed by atoms with Gasteiger partial charge in [0.25, 0.3) is 5.91 Å². The van der Waals surface area contributed by atoms with Crippen LogP contribution < -0.4 is 11.1 Å². The number of anilines is 1. The van der Waals surface area contributed by atoms with Gasteiger partial charge in [0.15, 0.2) is 5.84 Å². The molecular formula is C10H11N5O2S. The largest absolute Gasteiger partial charge is 0.409 e. The van der Waals surface area contributed by atoms with E-state index in [9.17, 15) is 4.79 Å². The van der Waals surface area contributed by atoms with Crippen LogP contribution in [0.4, 0.5) is 5.82 Å². The monoisotopic (exact) mass is 265 g/mol. The van der Waals surface area contributed by atoms with Gasteiger partial charge in [-0.2, -0.15) is 5.10 Å². The number of nitrogens with two attached hydrogens (primary N) is 1. The lowest BCUT2D eigenvalue weighted by atomic mass is 10.2. The fourth-order valence-electron chi connectivity index (χ4n) is 1.41. The Morgan fingerprint density at radius 3 is 3.06 bits per heavy atom. The van der Waals surface area contributed by atoms with Crippen molar-refractivity contribution in [1.29, 1.82) is 0 Å². The average molecular weight is 265 g/mol. The molecule has 0 bridgehead atoms. The van der Waals surface area contributed by atoms with Gasteiger partial charge in [0.1, 0.15) is 5.82 Å². The van der Waals surface area contributed by atoms with Crippen LogP contribution in [0.1, 0.15) is 20.8 Å². The molecule has 2 rings (SSSR count). The minimum absolute atomic E-state index is 0.123. The number of aromatic nitrogens is 2. The highest BCUT2D eigenvalue weighted by Crippen LogP contribution is 2.18. The number of amides is 1. The lowest BCUT2D eigenvalue weighted by Crippen LogP contribution is -2.18. The van der Waals surface area contributed by atoms with E-state index in [1.807, 2.05) is 18.4 Å². The Hall–Kier alpha value is -2.35. The van der Waals surface area contributed by atoms with E-state index < -0.39 is 0 Å². The number of hydrogen-bond donors (Lipinski definition) is 4. The molecule has 2 heterocycles. The van der Waals surface area contributed by atoms with Crippen LogP contribution in [-0.2, 0) is 0 Å². The molecule has 1 amide bonds. The number of aryl methyl sites for hydroxylation is 1. The number of hydrogen-bond acceptors (Lipinski definition) is 5. The highest BCUT2D eigenvalue weighted by Gasteiger charge is 2.15. The van der Waals surface area contributed by atoms with Crippen molar-refractivity contribution in [3.8, 4) is 0 Å². The first-order valence-corrected chi connectivity index (χ1v) is 5.88. The number of oxime groups is 1. The minimum Gasteiger partial charge on any atom is -0.409 e. The number of H-pyrrole nitrogens is 1. The van der Waals surface area contributed by atoms with E-state index in [4.69, 9.17) is 10.9 Å². The summed E-state index contributed by atoms with van der Waals surface area (Å²) in [5, 5.41) is 22.3. The topological polar surface area (TPSA) is 116 Å². The third kappa shape index (κ3) is 2.18. The quantitative estimate of drug-likeness (QED) is 0.288. The Balaban J connectivity index is 2.23. The summed E-state index contributed by atoms with van der Waals surface area (Å²) in [5.41, 5.74) is 6.68. The first kappa shape index (κ1) is 12.1. The molecule has 0 saturated heterocycles. The SMILES string of the molecule is Cc1ccsc1C(=O)Nc1[nH]ncc1C(N)=NO. The summed E-state index contributed by atoms with van der Waals surface area (Å²) < 4.78 is 0. The number of aromatic amines is 1. The van der Waals surface area contributed by atoms with Crippen molar-refractivity contribution in [3.05, 3.63) is 33.6 Å². The smallest absolute Gasteiger partial charge is 0.267 e. The number of nitrogens with zero attached hydrogens (tertiary/aromatic N) is 2. The van der Waals surface area contributed by atoms with Gasteiger partial charge in [-0.05, 0) is 23.9 Å². The Labute approximate surface area is 106 Å². The van der Waals surface area contributed by atoms with Crippen molar-refractivity contribution >= 4 is 28.9 Å². The second kappa shape index (κ2) is 4.88. The van der Waals surface area contributed by atoms with Crippen molar-refractivity contribution in [2.24, 2.45) is 10.9 Å². The number of thiophene rings is 1. The second-order valence-electron chi connectivity index (χ2n) is 3.53. The van der Waals surface area contributed by atoms with Gasteiger partial charge in [-0.15, -0.1) is 11.3 Å².